The largest absolute Gasteiger partial charge is 0.480 e. The number of carboxylic acids is 1. The minimum atomic E-state index is -1.10. The summed E-state index contributed by atoms with van der Waals surface area (Å²) in [6, 6.07) is 8.85. The normalized spacial score (nSPS) is 11.5. The van der Waals surface area contributed by atoms with Crippen LogP contribution in [0.5, 0.6) is 0 Å². The Kier molecular flexibility index (Phi) is 6.61. The molecule has 7 heteroatoms. The number of amides is 1. The van der Waals surface area contributed by atoms with Crippen LogP contribution in [0.25, 0.3) is 0 Å². The molecule has 1 aromatic rings. The Hall–Kier alpha value is -2.15. The molecule has 0 spiro atoms. The van der Waals surface area contributed by atoms with E-state index in [4.69, 9.17) is 5.11 Å². The standard InChI is InChI=1S/C14H16N2O4S/c1-10(16(2)9-12(17)15-8-13(18)19)21-14(20)11-6-4-3-5-7-11/h3-7H,8-9H2,1-2H3,(H-,15,17,18,19)/p+1. The van der Waals surface area contributed by atoms with E-state index in [1.165, 1.54) is 0 Å². The summed E-state index contributed by atoms with van der Waals surface area (Å²) in [6.45, 7) is 1.31. The average Bonchev–Trinajstić information content (AvgIpc) is 2.45. The molecule has 1 aromatic carbocycles. The van der Waals surface area contributed by atoms with Crippen molar-refractivity contribution in [3.63, 3.8) is 0 Å². The number of aliphatic carboxylic acids is 1. The van der Waals surface area contributed by atoms with Crippen LogP contribution in [-0.4, -0.2) is 51.9 Å². The molecule has 0 bridgehead atoms. The van der Waals surface area contributed by atoms with Crippen molar-refractivity contribution >= 4 is 33.8 Å². The van der Waals surface area contributed by atoms with E-state index >= 15 is 0 Å². The number of thioether (sulfide) groups is 1. The second kappa shape index (κ2) is 8.21. The van der Waals surface area contributed by atoms with Crippen LogP contribution in [0.15, 0.2) is 30.3 Å². The predicted molar refractivity (Wildman–Crippen MR) is 80.7 cm³/mol. The van der Waals surface area contributed by atoms with Gasteiger partial charge < -0.3 is 10.4 Å². The van der Waals surface area contributed by atoms with E-state index in [0.717, 1.165) is 11.8 Å². The summed E-state index contributed by atoms with van der Waals surface area (Å²) in [5, 5.41) is 11.3. The van der Waals surface area contributed by atoms with Gasteiger partial charge in [-0.3, -0.25) is 14.4 Å². The van der Waals surface area contributed by atoms with Crippen molar-refractivity contribution in [3.05, 3.63) is 35.9 Å². The molecule has 0 atom stereocenters. The Morgan fingerprint density at radius 2 is 1.86 bits per heavy atom. The fourth-order valence-corrected chi connectivity index (χ4v) is 2.14. The second-order valence-corrected chi connectivity index (χ2v) is 5.47. The van der Waals surface area contributed by atoms with E-state index in [0.29, 0.717) is 10.6 Å². The van der Waals surface area contributed by atoms with E-state index < -0.39 is 18.4 Å². The number of carboxylic acid groups (broad SMARTS) is 1. The molecule has 1 amide bonds. The monoisotopic (exact) mass is 309 g/mol. The maximum Gasteiger partial charge on any atom is 0.322 e. The van der Waals surface area contributed by atoms with Crippen molar-refractivity contribution in [2.24, 2.45) is 0 Å². The summed E-state index contributed by atoms with van der Waals surface area (Å²) in [5.41, 5.74) is 0.588. The van der Waals surface area contributed by atoms with Crippen molar-refractivity contribution in [3.8, 4) is 0 Å². The number of rotatable bonds is 5. The number of likely N-dealkylation sites (N-methyl/N-ethyl adjacent to an activating group) is 1. The number of carbonyl (C=O) groups excluding carboxylic acids is 2. The number of hydrogen-bond acceptors (Lipinski definition) is 4. The van der Waals surface area contributed by atoms with E-state index in [2.05, 4.69) is 5.32 Å². The van der Waals surface area contributed by atoms with Crippen molar-refractivity contribution < 1.29 is 24.1 Å². The Bertz CT molecular complexity index is 570. The third-order valence-corrected chi connectivity index (χ3v) is 3.63. The molecule has 0 aliphatic heterocycles. The molecule has 0 heterocycles. The van der Waals surface area contributed by atoms with Crippen molar-refractivity contribution in [1.82, 2.24) is 5.32 Å². The minimum absolute atomic E-state index is 0.00577. The second-order valence-electron chi connectivity index (χ2n) is 4.30. The highest BCUT2D eigenvalue weighted by molar-refractivity contribution is 8.26. The number of benzene rings is 1. The van der Waals surface area contributed by atoms with Crippen LogP contribution in [0, 0.1) is 0 Å². The Morgan fingerprint density at radius 1 is 1.24 bits per heavy atom. The van der Waals surface area contributed by atoms with Gasteiger partial charge in [-0.25, -0.2) is 4.58 Å². The van der Waals surface area contributed by atoms with Crippen LogP contribution in [0.4, 0.5) is 0 Å². The maximum atomic E-state index is 12.0. The molecule has 1 rings (SSSR count). The van der Waals surface area contributed by atoms with Crippen LogP contribution in [0.2, 0.25) is 0 Å². The quantitative estimate of drug-likeness (QED) is 0.478. The van der Waals surface area contributed by atoms with Crippen LogP contribution >= 0.6 is 11.8 Å². The summed E-state index contributed by atoms with van der Waals surface area (Å²) < 4.78 is 1.60. The van der Waals surface area contributed by atoms with Crippen LogP contribution in [0.1, 0.15) is 17.3 Å². The Balaban J connectivity index is 2.59. The molecule has 112 valence electrons. The third kappa shape index (κ3) is 6.22. The lowest BCUT2D eigenvalue weighted by Crippen LogP contribution is -2.35. The lowest BCUT2D eigenvalue weighted by atomic mass is 10.2. The molecule has 0 saturated heterocycles. The summed E-state index contributed by atoms with van der Waals surface area (Å²) in [5.74, 6) is -1.51. The zero-order valence-electron chi connectivity index (χ0n) is 11.8. The van der Waals surface area contributed by atoms with E-state index in [1.54, 1.807) is 42.8 Å². The van der Waals surface area contributed by atoms with Gasteiger partial charge in [-0.1, -0.05) is 30.3 Å². The van der Waals surface area contributed by atoms with Crippen molar-refractivity contribution in [2.75, 3.05) is 20.1 Å². The first-order valence-corrected chi connectivity index (χ1v) is 7.02. The molecule has 0 unspecified atom stereocenters. The number of hydrogen-bond donors (Lipinski definition) is 2. The lowest BCUT2D eigenvalue weighted by Gasteiger charge is -2.03. The van der Waals surface area contributed by atoms with Crippen molar-refractivity contribution in [1.29, 1.82) is 0 Å². The molecular formula is C14H17N2O4S+. The number of nitrogens with one attached hydrogen (secondary N) is 1. The van der Waals surface area contributed by atoms with Gasteiger partial charge in [0.05, 0.1) is 0 Å². The molecule has 0 radical (unpaired) electrons. The lowest BCUT2D eigenvalue weighted by molar-refractivity contribution is -0.482. The first-order chi connectivity index (χ1) is 9.90. The first-order valence-electron chi connectivity index (χ1n) is 6.20. The molecular weight excluding hydrogens is 292 g/mol. The number of carbonyl (C=O) groups is 3. The molecule has 6 nitrogen and oxygen atoms in total. The third-order valence-electron chi connectivity index (χ3n) is 2.61. The predicted octanol–water partition coefficient (Wildman–Crippen LogP) is 0.821. The highest BCUT2D eigenvalue weighted by Gasteiger charge is 2.16. The van der Waals surface area contributed by atoms with Gasteiger partial charge in [0.1, 0.15) is 13.6 Å². The smallest absolute Gasteiger partial charge is 0.322 e. The Labute approximate surface area is 126 Å². The zero-order chi connectivity index (χ0) is 15.8. The summed E-state index contributed by atoms with van der Waals surface area (Å²) in [7, 11) is 1.67. The van der Waals surface area contributed by atoms with Gasteiger partial charge >= 0.3 is 5.97 Å². The molecule has 2 N–H and O–H groups in total. The summed E-state index contributed by atoms with van der Waals surface area (Å²) in [4.78, 5) is 33.8. The molecule has 0 fully saturated rings. The topological polar surface area (TPSA) is 86.5 Å². The van der Waals surface area contributed by atoms with Crippen molar-refractivity contribution in [2.45, 2.75) is 6.92 Å². The van der Waals surface area contributed by atoms with Gasteiger partial charge in [0.25, 0.3) is 5.91 Å². The molecule has 0 aromatic heterocycles. The zero-order valence-corrected chi connectivity index (χ0v) is 12.6. The van der Waals surface area contributed by atoms with E-state index in [-0.39, 0.29) is 11.7 Å². The molecule has 0 saturated carbocycles. The van der Waals surface area contributed by atoms with Gasteiger partial charge in [0, 0.05) is 24.2 Å². The molecule has 0 aliphatic rings. The first kappa shape index (κ1) is 16.9. The highest BCUT2D eigenvalue weighted by atomic mass is 32.2. The highest BCUT2D eigenvalue weighted by Crippen LogP contribution is 2.13. The molecule has 0 aliphatic carbocycles. The van der Waals surface area contributed by atoms with Gasteiger partial charge in [0.15, 0.2) is 0 Å². The van der Waals surface area contributed by atoms with Crippen LogP contribution in [0.3, 0.4) is 0 Å². The SMILES string of the molecule is CC(SC(=O)c1ccccc1)=[N+](C)CC(=O)NCC(=O)O. The average molecular weight is 309 g/mol. The van der Waals surface area contributed by atoms with Crippen LogP contribution in [-0.2, 0) is 9.59 Å². The number of nitrogens with zero attached hydrogens (tertiary/aromatic N) is 1. The summed E-state index contributed by atoms with van der Waals surface area (Å²) in [6.07, 6.45) is 0. The van der Waals surface area contributed by atoms with Gasteiger partial charge in [-0.05, 0) is 0 Å². The van der Waals surface area contributed by atoms with E-state index in [1.807, 2.05) is 6.07 Å². The summed E-state index contributed by atoms with van der Waals surface area (Å²) >= 11 is 1.03. The van der Waals surface area contributed by atoms with E-state index in [9.17, 15) is 14.4 Å². The minimum Gasteiger partial charge on any atom is -0.480 e. The maximum absolute atomic E-state index is 12.0. The molecule has 21 heavy (non-hydrogen) atoms. The van der Waals surface area contributed by atoms with Gasteiger partial charge in [0.2, 0.25) is 16.7 Å². The van der Waals surface area contributed by atoms with Gasteiger partial charge in [-0.15, -0.1) is 0 Å². The van der Waals surface area contributed by atoms with Gasteiger partial charge in [-0.2, -0.15) is 0 Å². The van der Waals surface area contributed by atoms with Crippen LogP contribution < -0.4 is 5.32 Å². The Morgan fingerprint density at radius 3 is 2.43 bits per heavy atom. The fourth-order valence-electron chi connectivity index (χ4n) is 1.40. The fraction of sp³-hybridized carbons (Fsp3) is 0.286.